The Bertz CT molecular complexity index is 1090. The van der Waals surface area contributed by atoms with Crippen LogP contribution in [0.25, 0.3) is 0 Å². The minimum atomic E-state index is -0.660. The van der Waals surface area contributed by atoms with E-state index in [0.29, 0.717) is 48.3 Å². The average molecular weight is 494 g/mol. The van der Waals surface area contributed by atoms with Gasteiger partial charge in [0.2, 0.25) is 0 Å². The monoisotopic (exact) mass is 492 g/mol. The Balaban J connectivity index is 1.47. The standard InChI is InChI=1S/C22H19Cl3N4O3/c1-13-17(22(31)29(27-13)20-18(24)10-15(23)11-19(20)25)12-26-16-4-2-14(3-5-16)21(30)28-6-8-32-9-7-28/h2-5,10-12,17H,6-9H2,1H3. The Morgan fingerprint density at radius 1 is 1.12 bits per heavy atom. The van der Waals surface area contributed by atoms with Crippen LogP contribution in [0.4, 0.5) is 11.4 Å². The lowest BCUT2D eigenvalue weighted by Gasteiger charge is -2.26. The molecule has 0 aliphatic carbocycles. The smallest absolute Gasteiger partial charge is 0.261 e. The summed E-state index contributed by atoms with van der Waals surface area (Å²) >= 11 is 18.4. The highest BCUT2D eigenvalue weighted by atomic mass is 35.5. The lowest BCUT2D eigenvalue weighted by Crippen LogP contribution is -2.40. The van der Waals surface area contributed by atoms with E-state index < -0.39 is 5.92 Å². The van der Waals surface area contributed by atoms with E-state index in [2.05, 4.69) is 10.1 Å². The number of halogens is 3. The first-order chi connectivity index (χ1) is 15.3. The van der Waals surface area contributed by atoms with Crippen molar-refractivity contribution in [3.63, 3.8) is 0 Å². The van der Waals surface area contributed by atoms with E-state index in [1.54, 1.807) is 36.1 Å². The number of ether oxygens (including phenoxy) is 1. The maximum absolute atomic E-state index is 13.0. The maximum Gasteiger partial charge on any atom is 0.261 e. The van der Waals surface area contributed by atoms with Crippen LogP contribution in [0.3, 0.4) is 0 Å². The van der Waals surface area contributed by atoms with Crippen LogP contribution < -0.4 is 5.01 Å². The van der Waals surface area contributed by atoms with Crippen molar-refractivity contribution in [2.75, 3.05) is 31.3 Å². The molecule has 2 aromatic rings. The molecule has 0 N–H and O–H groups in total. The van der Waals surface area contributed by atoms with Crippen LogP contribution in [0.5, 0.6) is 0 Å². The van der Waals surface area contributed by atoms with Crippen LogP contribution in [0.15, 0.2) is 46.5 Å². The van der Waals surface area contributed by atoms with E-state index in [1.165, 1.54) is 23.4 Å². The molecule has 2 amide bonds. The van der Waals surface area contributed by atoms with Gasteiger partial charge in [-0.3, -0.25) is 14.6 Å². The minimum Gasteiger partial charge on any atom is -0.378 e. The Labute approximate surface area is 200 Å². The van der Waals surface area contributed by atoms with Gasteiger partial charge in [-0.1, -0.05) is 34.8 Å². The first-order valence-electron chi connectivity index (χ1n) is 9.90. The van der Waals surface area contributed by atoms with E-state index in [4.69, 9.17) is 39.5 Å². The molecule has 0 bridgehead atoms. The molecule has 10 heteroatoms. The first kappa shape index (κ1) is 22.7. The molecule has 2 heterocycles. The Morgan fingerprint density at radius 3 is 2.38 bits per heavy atom. The number of hydrogen-bond donors (Lipinski definition) is 0. The number of rotatable bonds is 4. The second-order valence-corrected chi connectivity index (χ2v) is 8.57. The molecule has 0 radical (unpaired) electrons. The first-order valence-corrected chi connectivity index (χ1v) is 11.0. The van der Waals surface area contributed by atoms with E-state index in [0.717, 1.165) is 0 Å². The third kappa shape index (κ3) is 4.66. The van der Waals surface area contributed by atoms with Crippen LogP contribution in [-0.2, 0) is 9.53 Å². The predicted octanol–water partition coefficient (Wildman–Crippen LogP) is 4.86. The van der Waals surface area contributed by atoms with Crippen LogP contribution >= 0.6 is 34.8 Å². The fourth-order valence-electron chi connectivity index (χ4n) is 3.45. The summed E-state index contributed by atoms with van der Waals surface area (Å²) in [4.78, 5) is 31.7. The van der Waals surface area contributed by atoms with Crippen molar-refractivity contribution in [2.24, 2.45) is 16.0 Å². The molecule has 166 valence electrons. The molecule has 1 fully saturated rings. The zero-order valence-electron chi connectivity index (χ0n) is 17.1. The van der Waals surface area contributed by atoms with E-state index in [9.17, 15) is 9.59 Å². The summed E-state index contributed by atoms with van der Waals surface area (Å²) in [5.74, 6) is -1.02. The molecule has 0 saturated carbocycles. The number of carbonyl (C=O) groups is 2. The largest absolute Gasteiger partial charge is 0.378 e. The molecule has 1 saturated heterocycles. The van der Waals surface area contributed by atoms with E-state index >= 15 is 0 Å². The molecule has 32 heavy (non-hydrogen) atoms. The summed E-state index contributed by atoms with van der Waals surface area (Å²) in [7, 11) is 0. The summed E-state index contributed by atoms with van der Waals surface area (Å²) in [5.41, 5.74) is 2.03. The molecule has 1 unspecified atom stereocenters. The maximum atomic E-state index is 13.0. The number of benzene rings is 2. The van der Waals surface area contributed by atoms with Gasteiger partial charge in [0.1, 0.15) is 11.6 Å². The fraction of sp³-hybridized carbons (Fsp3) is 0.273. The number of morpholine rings is 1. The molecule has 4 rings (SSSR count). The lowest BCUT2D eigenvalue weighted by molar-refractivity contribution is -0.118. The van der Waals surface area contributed by atoms with Gasteiger partial charge in [0.15, 0.2) is 0 Å². The topological polar surface area (TPSA) is 74.6 Å². The molecule has 1 atom stereocenters. The highest BCUT2D eigenvalue weighted by Gasteiger charge is 2.35. The van der Waals surface area contributed by atoms with Gasteiger partial charge < -0.3 is 9.64 Å². The van der Waals surface area contributed by atoms with Gasteiger partial charge in [0, 0.05) is 29.9 Å². The summed E-state index contributed by atoms with van der Waals surface area (Å²) in [6.45, 7) is 4.00. The van der Waals surface area contributed by atoms with Crippen LogP contribution in [0.1, 0.15) is 17.3 Å². The third-order valence-corrected chi connectivity index (χ3v) is 5.96. The van der Waals surface area contributed by atoms with Crippen molar-refractivity contribution < 1.29 is 14.3 Å². The molecular formula is C22H19Cl3N4O3. The molecule has 2 aromatic carbocycles. The van der Waals surface area contributed by atoms with Crippen molar-refractivity contribution in [2.45, 2.75) is 6.92 Å². The molecule has 7 nitrogen and oxygen atoms in total. The SMILES string of the molecule is CC1=NN(c2c(Cl)cc(Cl)cc2Cl)C(=O)C1C=Nc1ccc(C(=O)N2CCOCC2)cc1. The molecule has 0 spiro atoms. The van der Waals surface area contributed by atoms with E-state index in [-0.39, 0.29) is 27.5 Å². The Morgan fingerprint density at radius 2 is 1.75 bits per heavy atom. The number of hydrogen-bond acceptors (Lipinski definition) is 5. The number of amides is 2. The summed E-state index contributed by atoms with van der Waals surface area (Å²) in [6.07, 6.45) is 1.53. The van der Waals surface area contributed by atoms with Crippen molar-refractivity contribution in [3.05, 3.63) is 57.0 Å². The van der Waals surface area contributed by atoms with Gasteiger partial charge in [-0.05, 0) is 43.3 Å². The highest BCUT2D eigenvalue weighted by Crippen LogP contribution is 2.39. The van der Waals surface area contributed by atoms with Gasteiger partial charge in [-0.2, -0.15) is 10.1 Å². The quantitative estimate of drug-likeness (QED) is 0.571. The van der Waals surface area contributed by atoms with Crippen molar-refractivity contribution >= 4 is 69.9 Å². The molecule has 0 aromatic heterocycles. The zero-order valence-corrected chi connectivity index (χ0v) is 19.4. The number of aliphatic imine (C=N–C) groups is 1. The van der Waals surface area contributed by atoms with Gasteiger partial charge in [-0.25, -0.2) is 0 Å². The number of hydrazone groups is 1. The molecule has 2 aliphatic heterocycles. The second-order valence-electron chi connectivity index (χ2n) is 7.32. The van der Waals surface area contributed by atoms with Crippen LogP contribution in [0.2, 0.25) is 15.1 Å². The van der Waals surface area contributed by atoms with Gasteiger partial charge >= 0.3 is 0 Å². The van der Waals surface area contributed by atoms with Crippen molar-refractivity contribution in [3.8, 4) is 0 Å². The van der Waals surface area contributed by atoms with Gasteiger partial charge in [0.05, 0.1) is 34.7 Å². The van der Waals surface area contributed by atoms with Crippen molar-refractivity contribution in [1.29, 1.82) is 0 Å². The number of carbonyl (C=O) groups excluding carboxylic acids is 2. The zero-order chi connectivity index (χ0) is 22.8. The van der Waals surface area contributed by atoms with Crippen LogP contribution in [0, 0.1) is 5.92 Å². The number of anilines is 1. The third-order valence-electron chi connectivity index (χ3n) is 5.16. The van der Waals surface area contributed by atoms with Crippen LogP contribution in [-0.4, -0.2) is 54.9 Å². The fourth-order valence-corrected chi connectivity index (χ4v) is 4.43. The predicted molar refractivity (Wildman–Crippen MR) is 127 cm³/mol. The normalized spacial score (nSPS) is 19.1. The second kappa shape index (κ2) is 9.58. The van der Waals surface area contributed by atoms with Gasteiger partial charge in [0.25, 0.3) is 11.8 Å². The number of nitrogens with zero attached hydrogens (tertiary/aromatic N) is 4. The summed E-state index contributed by atoms with van der Waals surface area (Å²) in [5, 5.41) is 6.31. The Hall–Kier alpha value is -2.45. The molecular weight excluding hydrogens is 475 g/mol. The lowest BCUT2D eigenvalue weighted by atomic mass is 10.1. The Kier molecular flexibility index (Phi) is 6.81. The highest BCUT2D eigenvalue weighted by molar-refractivity contribution is 6.43. The van der Waals surface area contributed by atoms with Crippen molar-refractivity contribution in [1.82, 2.24) is 4.90 Å². The van der Waals surface area contributed by atoms with Gasteiger partial charge in [-0.15, -0.1) is 0 Å². The minimum absolute atomic E-state index is 0.0369. The average Bonchev–Trinajstić information content (AvgIpc) is 3.05. The summed E-state index contributed by atoms with van der Waals surface area (Å²) in [6, 6.07) is 9.93. The van der Waals surface area contributed by atoms with E-state index in [1.807, 2.05) is 0 Å². The molecule has 2 aliphatic rings. The summed E-state index contributed by atoms with van der Waals surface area (Å²) < 4.78 is 5.28.